The number of halogens is 1. The summed E-state index contributed by atoms with van der Waals surface area (Å²) in [5, 5.41) is 3.30. The summed E-state index contributed by atoms with van der Waals surface area (Å²) >= 11 is 0. The summed E-state index contributed by atoms with van der Waals surface area (Å²) in [6.07, 6.45) is 6.71. The molecule has 0 bridgehead atoms. The Bertz CT molecular complexity index is 972. The fourth-order valence-corrected chi connectivity index (χ4v) is 4.41. The van der Waals surface area contributed by atoms with Gasteiger partial charge in [-0.3, -0.25) is 0 Å². The molecule has 0 spiro atoms. The molecule has 1 fully saturated rings. The Kier molecular flexibility index (Phi) is 5.50. The number of hydrogen-bond acceptors (Lipinski definition) is 5. The van der Waals surface area contributed by atoms with Crippen molar-refractivity contribution in [3.8, 4) is 0 Å². The molecule has 0 saturated carbocycles. The fraction of sp³-hybridized carbons (Fsp3) is 0.500. The van der Waals surface area contributed by atoms with Gasteiger partial charge in [-0.25, -0.2) is 19.3 Å². The monoisotopic (exact) mass is 396 g/mol. The van der Waals surface area contributed by atoms with Crippen LogP contribution in [0.3, 0.4) is 0 Å². The van der Waals surface area contributed by atoms with Crippen molar-refractivity contribution >= 4 is 17.0 Å². The molecule has 0 amide bonds. The van der Waals surface area contributed by atoms with Crippen molar-refractivity contribution in [3.63, 3.8) is 0 Å². The van der Waals surface area contributed by atoms with Gasteiger partial charge in [0.15, 0.2) is 0 Å². The maximum atomic E-state index is 14.0. The second-order valence-electron chi connectivity index (χ2n) is 8.51. The first-order valence-electron chi connectivity index (χ1n) is 10.3. The average molecular weight is 397 g/mol. The highest BCUT2D eigenvalue weighted by Gasteiger charge is 2.40. The molecule has 1 aromatic carbocycles. The van der Waals surface area contributed by atoms with Crippen LogP contribution in [0, 0.1) is 18.2 Å². The predicted molar refractivity (Wildman–Crippen MR) is 114 cm³/mol. The largest absolute Gasteiger partial charge is 0.354 e. The number of anilines is 1. The number of piperidine rings is 1. The van der Waals surface area contributed by atoms with Crippen LogP contribution in [0.4, 0.5) is 10.3 Å². The molecule has 2 aromatic heterocycles. The Hall–Kier alpha value is -2.54. The van der Waals surface area contributed by atoms with E-state index in [-0.39, 0.29) is 17.2 Å². The van der Waals surface area contributed by atoms with Crippen molar-refractivity contribution in [2.24, 2.45) is 5.41 Å². The van der Waals surface area contributed by atoms with E-state index in [1.165, 1.54) is 6.07 Å². The summed E-state index contributed by atoms with van der Waals surface area (Å²) in [6.45, 7) is 7.03. The molecule has 2 N–H and O–H groups in total. The summed E-state index contributed by atoms with van der Waals surface area (Å²) in [4.78, 5) is 19.1. The lowest BCUT2D eigenvalue weighted by Gasteiger charge is -2.44. The molecule has 0 radical (unpaired) electrons. The van der Waals surface area contributed by atoms with Gasteiger partial charge in [-0.2, -0.15) is 0 Å². The molecule has 1 aliphatic heterocycles. The van der Waals surface area contributed by atoms with Crippen LogP contribution in [-0.2, 0) is 0 Å². The lowest BCUT2D eigenvalue weighted by atomic mass is 9.68. The van der Waals surface area contributed by atoms with Crippen LogP contribution in [0.15, 0.2) is 30.6 Å². The highest BCUT2D eigenvalue weighted by atomic mass is 19.1. The number of fused-ring (bicyclic) bond motifs is 1. The van der Waals surface area contributed by atoms with Gasteiger partial charge in [0.2, 0.25) is 5.95 Å². The maximum Gasteiger partial charge on any atom is 0.222 e. The molecule has 154 valence electrons. The summed E-state index contributed by atoms with van der Waals surface area (Å²) < 4.78 is 14.0. The van der Waals surface area contributed by atoms with Gasteiger partial charge >= 0.3 is 0 Å². The third-order valence-electron chi connectivity index (χ3n) is 6.36. The number of aromatic nitrogens is 4. The predicted octanol–water partition coefficient (Wildman–Crippen LogP) is 4.12. The fourth-order valence-electron chi connectivity index (χ4n) is 4.41. The van der Waals surface area contributed by atoms with Crippen LogP contribution in [-0.4, -0.2) is 51.5 Å². The van der Waals surface area contributed by atoms with E-state index in [1.54, 1.807) is 25.4 Å². The normalized spacial score (nSPS) is 22.8. The molecule has 2 unspecified atom stereocenters. The molecule has 2 atom stereocenters. The van der Waals surface area contributed by atoms with Gasteiger partial charge in [-0.05, 0) is 63.4 Å². The number of aromatic amines is 1. The number of aryl methyl sites for hydroxylation is 1. The Balaban J connectivity index is 1.51. The van der Waals surface area contributed by atoms with E-state index in [4.69, 9.17) is 4.98 Å². The minimum atomic E-state index is -0.201. The maximum absolute atomic E-state index is 14.0. The molecule has 29 heavy (non-hydrogen) atoms. The van der Waals surface area contributed by atoms with Gasteiger partial charge in [0.05, 0.1) is 11.0 Å². The number of hydrogen-bond donors (Lipinski definition) is 2. The van der Waals surface area contributed by atoms with Crippen molar-refractivity contribution in [3.05, 3.63) is 47.8 Å². The number of nitrogens with zero attached hydrogens (tertiary/aromatic N) is 4. The topological polar surface area (TPSA) is 69.7 Å². The Morgan fingerprint density at radius 3 is 2.90 bits per heavy atom. The molecule has 6 nitrogen and oxygen atoms in total. The van der Waals surface area contributed by atoms with Gasteiger partial charge in [0.1, 0.15) is 11.6 Å². The summed E-state index contributed by atoms with van der Waals surface area (Å²) in [7, 11) is 2.16. The van der Waals surface area contributed by atoms with E-state index in [9.17, 15) is 4.39 Å². The molecular formula is C22H29FN6. The SMILES string of the molecule is Cc1c(F)ccc2[nH]c(C3CN(C)CCC3(C)CCCNc3ncccn3)nc12. The first-order valence-corrected chi connectivity index (χ1v) is 10.3. The third kappa shape index (κ3) is 4.10. The Morgan fingerprint density at radius 1 is 1.31 bits per heavy atom. The lowest BCUT2D eigenvalue weighted by molar-refractivity contribution is 0.0929. The van der Waals surface area contributed by atoms with Gasteiger partial charge in [0.25, 0.3) is 0 Å². The number of imidazole rings is 1. The highest BCUT2D eigenvalue weighted by molar-refractivity contribution is 5.78. The van der Waals surface area contributed by atoms with Crippen molar-refractivity contribution in [2.75, 3.05) is 32.0 Å². The minimum Gasteiger partial charge on any atom is -0.354 e. The molecular weight excluding hydrogens is 367 g/mol. The molecule has 4 rings (SSSR count). The van der Waals surface area contributed by atoms with Crippen LogP contribution in [0.25, 0.3) is 11.0 Å². The van der Waals surface area contributed by atoms with Crippen LogP contribution < -0.4 is 5.32 Å². The number of likely N-dealkylation sites (N-methyl/N-ethyl adjacent to an activating group) is 1. The summed E-state index contributed by atoms with van der Waals surface area (Å²) in [5.74, 6) is 1.73. The van der Waals surface area contributed by atoms with E-state index in [0.29, 0.717) is 11.5 Å². The molecule has 7 heteroatoms. The molecule has 0 aliphatic carbocycles. The molecule has 3 aromatic rings. The average Bonchev–Trinajstić information content (AvgIpc) is 3.16. The zero-order valence-corrected chi connectivity index (χ0v) is 17.4. The van der Waals surface area contributed by atoms with E-state index < -0.39 is 0 Å². The van der Waals surface area contributed by atoms with Gasteiger partial charge in [-0.15, -0.1) is 0 Å². The zero-order valence-electron chi connectivity index (χ0n) is 17.4. The van der Waals surface area contributed by atoms with Crippen molar-refractivity contribution in [1.82, 2.24) is 24.8 Å². The summed E-state index contributed by atoms with van der Waals surface area (Å²) in [6, 6.07) is 5.13. The standard InChI is InChI=1S/C22H29FN6/c1-15-17(23)6-7-18-19(15)28-20(27-18)16-14-29(3)13-9-22(16,2)8-4-10-24-21-25-11-5-12-26-21/h5-7,11-12,16H,4,8-10,13-14H2,1-3H3,(H,27,28)(H,24,25,26). The van der Waals surface area contributed by atoms with Crippen molar-refractivity contribution < 1.29 is 4.39 Å². The quantitative estimate of drug-likeness (QED) is 0.614. The van der Waals surface area contributed by atoms with E-state index in [2.05, 4.69) is 39.1 Å². The number of rotatable bonds is 6. The van der Waals surface area contributed by atoms with E-state index >= 15 is 0 Å². The number of benzene rings is 1. The van der Waals surface area contributed by atoms with Crippen LogP contribution in [0.2, 0.25) is 0 Å². The number of likely N-dealkylation sites (tertiary alicyclic amines) is 1. The lowest BCUT2D eigenvalue weighted by Crippen LogP contribution is -2.43. The van der Waals surface area contributed by atoms with Crippen LogP contribution >= 0.6 is 0 Å². The summed E-state index contributed by atoms with van der Waals surface area (Å²) in [5.41, 5.74) is 2.41. The first kappa shape index (κ1) is 19.8. The molecule has 1 saturated heterocycles. The van der Waals surface area contributed by atoms with Crippen LogP contribution in [0.1, 0.15) is 43.5 Å². The smallest absolute Gasteiger partial charge is 0.222 e. The molecule has 1 aliphatic rings. The number of H-pyrrole nitrogens is 1. The molecule has 3 heterocycles. The second-order valence-corrected chi connectivity index (χ2v) is 8.51. The first-order chi connectivity index (χ1) is 14.0. The third-order valence-corrected chi connectivity index (χ3v) is 6.36. The van der Waals surface area contributed by atoms with E-state index in [1.807, 2.05) is 6.07 Å². The minimum absolute atomic E-state index is 0.131. The second kappa shape index (κ2) is 8.06. The van der Waals surface area contributed by atoms with Gasteiger partial charge in [-0.1, -0.05) is 6.92 Å². The zero-order chi connectivity index (χ0) is 20.4. The Morgan fingerprint density at radius 2 is 2.10 bits per heavy atom. The van der Waals surface area contributed by atoms with E-state index in [0.717, 1.165) is 55.8 Å². The highest BCUT2D eigenvalue weighted by Crippen LogP contribution is 2.45. The van der Waals surface area contributed by atoms with Gasteiger partial charge in [0, 0.05) is 37.0 Å². The van der Waals surface area contributed by atoms with Crippen molar-refractivity contribution in [1.29, 1.82) is 0 Å². The van der Waals surface area contributed by atoms with Crippen LogP contribution in [0.5, 0.6) is 0 Å². The van der Waals surface area contributed by atoms with Gasteiger partial charge < -0.3 is 15.2 Å². The Labute approximate surface area is 171 Å². The number of nitrogens with one attached hydrogen (secondary N) is 2. The van der Waals surface area contributed by atoms with Crippen molar-refractivity contribution in [2.45, 2.75) is 39.0 Å².